The lowest BCUT2D eigenvalue weighted by Crippen LogP contribution is -2.47. The predicted octanol–water partition coefficient (Wildman–Crippen LogP) is 0.0765. The van der Waals surface area contributed by atoms with Crippen LogP contribution in [-0.4, -0.2) is 51.5 Å². The van der Waals surface area contributed by atoms with Gasteiger partial charge in [-0.15, -0.1) is 0 Å². The van der Waals surface area contributed by atoms with E-state index in [1.807, 2.05) is 0 Å². The van der Waals surface area contributed by atoms with Gasteiger partial charge in [0.25, 0.3) is 5.91 Å². The van der Waals surface area contributed by atoms with E-state index in [1.54, 1.807) is 29.9 Å². The maximum atomic E-state index is 12.4. The van der Waals surface area contributed by atoms with Gasteiger partial charge >= 0.3 is 5.97 Å². The number of carbonyl (C=O) groups is 3. The molecule has 0 fully saturated rings. The molecule has 2 amide bonds. The fourth-order valence-corrected chi connectivity index (χ4v) is 1.79. The summed E-state index contributed by atoms with van der Waals surface area (Å²) in [6.45, 7) is 3.15. The largest absolute Gasteiger partial charge is 0.480 e. The molecule has 1 rings (SSSR count). The van der Waals surface area contributed by atoms with Gasteiger partial charge in [0.2, 0.25) is 5.91 Å². The summed E-state index contributed by atoms with van der Waals surface area (Å²) >= 11 is 0. The number of carboxylic acids is 1. The zero-order valence-electron chi connectivity index (χ0n) is 11.8. The minimum Gasteiger partial charge on any atom is -0.480 e. The molecule has 2 N–H and O–H groups in total. The molecule has 1 aromatic rings. The monoisotopic (exact) mass is 281 g/mol. The van der Waals surface area contributed by atoms with E-state index in [0.717, 1.165) is 0 Å². The molecule has 0 aliphatic carbocycles. The third kappa shape index (κ3) is 3.84. The third-order valence-electron chi connectivity index (χ3n) is 2.98. The van der Waals surface area contributed by atoms with Crippen LogP contribution in [0.3, 0.4) is 0 Å². The summed E-state index contributed by atoms with van der Waals surface area (Å²) in [6, 6.07) is 2.37. The van der Waals surface area contributed by atoms with Crippen LogP contribution in [0.1, 0.15) is 24.3 Å². The summed E-state index contributed by atoms with van der Waals surface area (Å²) in [5, 5.41) is 11.6. The zero-order chi connectivity index (χ0) is 15.3. The topological polar surface area (TPSA) is 91.6 Å². The van der Waals surface area contributed by atoms with Gasteiger partial charge in [0, 0.05) is 33.3 Å². The Balaban J connectivity index is 2.87. The highest BCUT2D eigenvalue weighted by atomic mass is 16.4. The predicted molar refractivity (Wildman–Crippen MR) is 72.2 cm³/mol. The van der Waals surface area contributed by atoms with E-state index >= 15 is 0 Å². The quantitative estimate of drug-likeness (QED) is 0.772. The Hall–Kier alpha value is -2.31. The first-order chi connectivity index (χ1) is 9.34. The van der Waals surface area contributed by atoms with Gasteiger partial charge in [0.15, 0.2) is 0 Å². The Labute approximate surface area is 117 Å². The van der Waals surface area contributed by atoms with Crippen molar-refractivity contribution in [3.63, 3.8) is 0 Å². The summed E-state index contributed by atoms with van der Waals surface area (Å²) in [7, 11) is 1.71. The standard InChI is InChI=1S/C13H19N3O4/c1-9(13(19)20)16(8-6-14-10(2)17)12(18)11-5-4-7-15(11)3/h4-5,7,9H,6,8H2,1-3H3,(H,14,17)(H,19,20). The third-order valence-corrected chi connectivity index (χ3v) is 2.98. The normalized spacial score (nSPS) is 11.8. The molecular weight excluding hydrogens is 262 g/mol. The van der Waals surface area contributed by atoms with E-state index in [0.29, 0.717) is 5.69 Å². The van der Waals surface area contributed by atoms with E-state index < -0.39 is 12.0 Å². The number of nitrogens with zero attached hydrogens (tertiary/aromatic N) is 2. The number of aryl methyl sites for hydroxylation is 1. The number of hydrogen-bond donors (Lipinski definition) is 2. The van der Waals surface area contributed by atoms with E-state index in [1.165, 1.54) is 18.7 Å². The number of amides is 2. The molecule has 0 saturated heterocycles. The molecule has 7 heteroatoms. The fraction of sp³-hybridized carbons (Fsp3) is 0.462. The second-order valence-electron chi connectivity index (χ2n) is 4.50. The number of aliphatic carboxylic acids is 1. The lowest BCUT2D eigenvalue weighted by atomic mass is 10.2. The highest BCUT2D eigenvalue weighted by Gasteiger charge is 2.27. The Morgan fingerprint density at radius 1 is 1.45 bits per heavy atom. The van der Waals surface area contributed by atoms with E-state index in [4.69, 9.17) is 5.11 Å². The summed E-state index contributed by atoms with van der Waals surface area (Å²) in [5.41, 5.74) is 0.404. The molecule has 0 bridgehead atoms. The molecule has 0 saturated carbocycles. The van der Waals surface area contributed by atoms with Gasteiger partial charge in [-0.25, -0.2) is 4.79 Å². The molecule has 1 atom stereocenters. The van der Waals surface area contributed by atoms with Crippen LogP contribution in [-0.2, 0) is 16.6 Å². The van der Waals surface area contributed by atoms with Crippen LogP contribution >= 0.6 is 0 Å². The lowest BCUT2D eigenvalue weighted by Gasteiger charge is -2.26. The number of carboxylic acid groups (broad SMARTS) is 1. The van der Waals surface area contributed by atoms with Gasteiger partial charge in [-0.05, 0) is 19.1 Å². The average molecular weight is 281 g/mol. The molecule has 110 valence electrons. The van der Waals surface area contributed by atoms with Gasteiger partial charge in [-0.2, -0.15) is 0 Å². The molecule has 20 heavy (non-hydrogen) atoms. The van der Waals surface area contributed by atoms with Gasteiger partial charge < -0.3 is 19.9 Å². The molecule has 1 aromatic heterocycles. The second-order valence-corrected chi connectivity index (χ2v) is 4.50. The van der Waals surface area contributed by atoms with Gasteiger partial charge in [0.05, 0.1) is 0 Å². The number of aromatic nitrogens is 1. The van der Waals surface area contributed by atoms with Gasteiger partial charge in [-0.1, -0.05) is 0 Å². The van der Waals surface area contributed by atoms with Crippen molar-refractivity contribution in [2.45, 2.75) is 19.9 Å². The summed E-state index contributed by atoms with van der Waals surface area (Å²) in [6.07, 6.45) is 1.71. The second kappa shape index (κ2) is 6.74. The molecule has 7 nitrogen and oxygen atoms in total. The minimum atomic E-state index is -1.09. The van der Waals surface area contributed by atoms with Gasteiger partial charge in [-0.3, -0.25) is 9.59 Å². The molecule has 1 heterocycles. The number of hydrogen-bond acceptors (Lipinski definition) is 3. The van der Waals surface area contributed by atoms with Gasteiger partial charge in [0.1, 0.15) is 11.7 Å². The Kier molecular flexibility index (Phi) is 5.31. The van der Waals surface area contributed by atoms with Crippen molar-refractivity contribution < 1.29 is 19.5 Å². The Morgan fingerprint density at radius 3 is 2.55 bits per heavy atom. The van der Waals surface area contributed by atoms with Crippen molar-refractivity contribution in [2.24, 2.45) is 7.05 Å². The van der Waals surface area contributed by atoms with Crippen LogP contribution < -0.4 is 5.32 Å². The lowest BCUT2D eigenvalue weighted by molar-refractivity contribution is -0.141. The number of carbonyl (C=O) groups excluding carboxylic acids is 2. The summed E-state index contributed by atoms with van der Waals surface area (Å²) < 4.78 is 1.63. The highest BCUT2D eigenvalue weighted by molar-refractivity contribution is 5.95. The van der Waals surface area contributed by atoms with Crippen LogP contribution in [0.15, 0.2) is 18.3 Å². The van der Waals surface area contributed by atoms with Crippen LogP contribution in [0, 0.1) is 0 Å². The molecule has 0 radical (unpaired) electrons. The van der Waals surface area contributed by atoms with Crippen molar-refractivity contribution in [3.8, 4) is 0 Å². The Bertz CT molecular complexity index is 509. The molecule has 0 aliphatic heterocycles. The fourth-order valence-electron chi connectivity index (χ4n) is 1.79. The van der Waals surface area contributed by atoms with Crippen molar-refractivity contribution in [2.75, 3.05) is 13.1 Å². The van der Waals surface area contributed by atoms with Crippen molar-refractivity contribution >= 4 is 17.8 Å². The van der Waals surface area contributed by atoms with E-state index in [9.17, 15) is 14.4 Å². The first-order valence-corrected chi connectivity index (χ1v) is 6.24. The van der Waals surface area contributed by atoms with E-state index in [2.05, 4.69) is 5.32 Å². The minimum absolute atomic E-state index is 0.136. The molecular formula is C13H19N3O4. The maximum absolute atomic E-state index is 12.4. The smallest absolute Gasteiger partial charge is 0.326 e. The van der Waals surface area contributed by atoms with E-state index in [-0.39, 0.29) is 24.9 Å². The van der Waals surface area contributed by atoms with Crippen molar-refractivity contribution in [3.05, 3.63) is 24.0 Å². The summed E-state index contributed by atoms with van der Waals surface area (Å²) in [4.78, 5) is 35.6. The van der Waals surface area contributed by atoms with Crippen molar-refractivity contribution in [1.29, 1.82) is 0 Å². The molecule has 1 unspecified atom stereocenters. The number of rotatable bonds is 6. The average Bonchev–Trinajstić information content (AvgIpc) is 2.79. The van der Waals surface area contributed by atoms with Crippen LogP contribution in [0.4, 0.5) is 0 Å². The summed E-state index contributed by atoms with van der Waals surface area (Å²) in [5.74, 6) is -1.69. The first-order valence-electron chi connectivity index (χ1n) is 6.24. The highest BCUT2D eigenvalue weighted by Crippen LogP contribution is 2.09. The molecule has 0 aromatic carbocycles. The molecule has 0 spiro atoms. The SMILES string of the molecule is CC(=O)NCCN(C(=O)c1cccn1C)C(C)C(=O)O. The Morgan fingerprint density at radius 2 is 2.10 bits per heavy atom. The van der Waals surface area contributed by atoms with Crippen LogP contribution in [0.25, 0.3) is 0 Å². The van der Waals surface area contributed by atoms with Crippen LogP contribution in [0.5, 0.6) is 0 Å². The first kappa shape index (κ1) is 15.7. The van der Waals surface area contributed by atoms with Crippen molar-refractivity contribution in [1.82, 2.24) is 14.8 Å². The maximum Gasteiger partial charge on any atom is 0.326 e. The number of nitrogens with one attached hydrogen (secondary N) is 1. The zero-order valence-corrected chi connectivity index (χ0v) is 11.8. The molecule has 0 aliphatic rings. The van der Waals surface area contributed by atoms with Crippen LogP contribution in [0.2, 0.25) is 0 Å².